The highest BCUT2D eigenvalue weighted by Crippen LogP contribution is 2.18. The van der Waals surface area contributed by atoms with Gasteiger partial charge in [-0.2, -0.15) is 0 Å². The molecule has 0 rings (SSSR count). The SMILES string of the molecule is C=NC(=C/C)/C(=C\C(=C)OC(C)=O)C(Cl)=NC. The van der Waals surface area contributed by atoms with Gasteiger partial charge in [-0.25, -0.2) is 0 Å². The quantitative estimate of drug-likeness (QED) is 0.328. The monoisotopic (exact) mass is 254 g/mol. The summed E-state index contributed by atoms with van der Waals surface area (Å²) in [6, 6.07) is 0. The Hall–Kier alpha value is -1.68. The molecule has 0 aliphatic heterocycles. The van der Waals surface area contributed by atoms with E-state index in [1.54, 1.807) is 20.0 Å². The molecule has 0 amide bonds. The number of ether oxygens (including phenoxy) is 1. The molecule has 0 aromatic rings. The summed E-state index contributed by atoms with van der Waals surface area (Å²) in [6.07, 6.45) is 3.20. The summed E-state index contributed by atoms with van der Waals surface area (Å²) in [7, 11) is 1.54. The highest BCUT2D eigenvalue weighted by molar-refractivity contribution is 6.70. The van der Waals surface area contributed by atoms with Gasteiger partial charge >= 0.3 is 5.97 Å². The lowest BCUT2D eigenvalue weighted by atomic mass is 10.1. The van der Waals surface area contributed by atoms with Crippen molar-refractivity contribution in [1.82, 2.24) is 0 Å². The van der Waals surface area contributed by atoms with Crippen molar-refractivity contribution in [2.75, 3.05) is 7.05 Å². The maximum absolute atomic E-state index is 10.8. The zero-order chi connectivity index (χ0) is 13.4. The average Bonchev–Trinajstić information content (AvgIpc) is 2.27. The topological polar surface area (TPSA) is 51.0 Å². The molecule has 0 fully saturated rings. The number of rotatable bonds is 5. The first-order valence-corrected chi connectivity index (χ1v) is 5.19. The van der Waals surface area contributed by atoms with Crippen LogP contribution in [0.1, 0.15) is 13.8 Å². The van der Waals surface area contributed by atoms with Crippen molar-refractivity contribution >= 4 is 29.5 Å². The molecule has 4 nitrogen and oxygen atoms in total. The van der Waals surface area contributed by atoms with Gasteiger partial charge in [0.1, 0.15) is 10.9 Å². The second-order valence-electron chi connectivity index (χ2n) is 2.96. The second kappa shape index (κ2) is 7.57. The summed E-state index contributed by atoms with van der Waals surface area (Å²) in [4.78, 5) is 18.4. The Balaban J connectivity index is 5.33. The summed E-state index contributed by atoms with van der Waals surface area (Å²) in [5, 5.41) is 0.235. The van der Waals surface area contributed by atoms with Crippen LogP contribution in [0.15, 0.2) is 45.7 Å². The van der Waals surface area contributed by atoms with E-state index in [1.807, 2.05) is 0 Å². The Morgan fingerprint density at radius 1 is 1.47 bits per heavy atom. The number of esters is 1. The van der Waals surface area contributed by atoms with Crippen LogP contribution in [0.5, 0.6) is 0 Å². The van der Waals surface area contributed by atoms with E-state index in [1.165, 1.54) is 13.0 Å². The van der Waals surface area contributed by atoms with Crippen molar-refractivity contribution in [2.24, 2.45) is 9.98 Å². The summed E-state index contributed by atoms with van der Waals surface area (Å²) in [5.74, 6) is -0.291. The van der Waals surface area contributed by atoms with Crippen LogP contribution in [-0.2, 0) is 9.53 Å². The summed E-state index contributed by atoms with van der Waals surface area (Å²) < 4.78 is 4.80. The Labute approximate surface area is 106 Å². The van der Waals surface area contributed by atoms with Gasteiger partial charge in [0.15, 0.2) is 0 Å². The van der Waals surface area contributed by atoms with Crippen LogP contribution in [0.4, 0.5) is 0 Å². The normalized spacial score (nSPS) is 13.3. The van der Waals surface area contributed by atoms with Crippen LogP contribution in [0.2, 0.25) is 0 Å². The molecule has 0 aliphatic carbocycles. The lowest BCUT2D eigenvalue weighted by Crippen LogP contribution is -2.01. The number of carbonyl (C=O) groups is 1. The van der Waals surface area contributed by atoms with Crippen molar-refractivity contribution in [2.45, 2.75) is 13.8 Å². The molecule has 0 bridgehead atoms. The van der Waals surface area contributed by atoms with E-state index in [4.69, 9.17) is 16.3 Å². The third-order valence-corrected chi connectivity index (χ3v) is 2.09. The van der Waals surface area contributed by atoms with Gasteiger partial charge in [-0.3, -0.25) is 14.8 Å². The highest BCUT2D eigenvalue weighted by Gasteiger charge is 2.09. The summed E-state index contributed by atoms with van der Waals surface area (Å²) >= 11 is 5.94. The van der Waals surface area contributed by atoms with Crippen LogP contribution in [0, 0.1) is 0 Å². The Bertz CT molecular complexity index is 420. The van der Waals surface area contributed by atoms with Crippen LogP contribution < -0.4 is 0 Å². The highest BCUT2D eigenvalue weighted by atomic mass is 35.5. The molecule has 0 radical (unpaired) electrons. The predicted molar refractivity (Wildman–Crippen MR) is 71.5 cm³/mol. The van der Waals surface area contributed by atoms with E-state index >= 15 is 0 Å². The standard InChI is InChI=1S/C12H15ClN2O2/c1-6-11(14-4)10(12(13)15-5)7-8(2)17-9(3)16/h6-7H,2,4H2,1,3,5H3/b10-7+,11-6+,15-12?. The van der Waals surface area contributed by atoms with Crippen LogP contribution in [-0.4, -0.2) is 24.9 Å². The molecule has 0 saturated heterocycles. The second-order valence-corrected chi connectivity index (χ2v) is 3.32. The van der Waals surface area contributed by atoms with Crippen LogP contribution in [0.25, 0.3) is 0 Å². The number of hydrogen-bond acceptors (Lipinski definition) is 4. The molecule has 0 aliphatic rings. The van der Waals surface area contributed by atoms with E-state index in [0.29, 0.717) is 11.3 Å². The zero-order valence-corrected chi connectivity index (χ0v) is 10.9. The third kappa shape index (κ3) is 5.26. The molecule has 0 saturated carbocycles. The maximum atomic E-state index is 10.8. The molecule has 0 unspecified atom stereocenters. The number of aliphatic imine (C=N–C) groups is 2. The predicted octanol–water partition coefficient (Wildman–Crippen LogP) is 2.86. The molecule has 0 spiro atoms. The minimum absolute atomic E-state index is 0.164. The number of halogens is 1. The molecule has 0 atom stereocenters. The third-order valence-electron chi connectivity index (χ3n) is 1.72. The fourth-order valence-electron chi connectivity index (χ4n) is 1.07. The van der Waals surface area contributed by atoms with Crippen molar-refractivity contribution < 1.29 is 9.53 Å². The van der Waals surface area contributed by atoms with Gasteiger partial charge in [0.2, 0.25) is 0 Å². The van der Waals surface area contributed by atoms with Gasteiger partial charge in [0, 0.05) is 19.5 Å². The largest absolute Gasteiger partial charge is 0.427 e. The minimum Gasteiger partial charge on any atom is -0.427 e. The number of nitrogens with zero attached hydrogens (tertiary/aromatic N) is 2. The minimum atomic E-state index is -0.455. The molecule has 5 heteroatoms. The van der Waals surface area contributed by atoms with Crippen LogP contribution >= 0.6 is 11.6 Å². The van der Waals surface area contributed by atoms with Gasteiger partial charge in [-0.05, 0) is 19.7 Å². The Morgan fingerprint density at radius 3 is 2.41 bits per heavy atom. The van der Waals surface area contributed by atoms with E-state index in [9.17, 15) is 4.79 Å². The van der Waals surface area contributed by atoms with Gasteiger partial charge in [-0.15, -0.1) is 0 Å². The smallest absolute Gasteiger partial charge is 0.308 e. The van der Waals surface area contributed by atoms with Gasteiger partial charge in [-0.1, -0.05) is 24.3 Å². The lowest BCUT2D eigenvalue weighted by Gasteiger charge is -2.07. The van der Waals surface area contributed by atoms with E-state index in [0.717, 1.165) is 0 Å². The number of carbonyl (C=O) groups excluding carboxylic acids is 1. The van der Waals surface area contributed by atoms with E-state index in [-0.39, 0.29) is 10.9 Å². The van der Waals surface area contributed by atoms with E-state index < -0.39 is 5.97 Å². The molecule has 0 aromatic carbocycles. The first-order chi connectivity index (χ1) is 7.96. The van der Waals surface area contributed by atoms with Gasteiger partial charge < -0.3 is 4.74 Å². The number of allylic oxidation sites excluding steroid dienone is 3. The maximum Gasteiger partial charge on any atom is 0.308 e. The molecule has 92 valence electrons. The molecule has 0 heterocycles. The fraction of sp³-hybridized carbons (Fsp3) is 0.250. The molecule has 0 aromatic heterocycles. The molecule has 17 heavy (non-hydrogen) atoms. The van der Waals surface area contributed by atoms with Gasteiger partial charge in [0.05, 0.1) is 5.70 Å². The van der Waals surface area contributed by atoms with Crippen molar-refractivity contribution in [3.63, 3.8) is 0 Å². The Morgan fingerprint density at radius 2 is 2.06 bits per heavy atom. The van der Waals surface area contributed by atoms with Crippen molar-refractivity contribution in [3.8, 4) is 0 Å². The van der Waals surface area contributed by atoms with Crippen LogP contribution in [0.3, 0.4) is 0 Å². The molecular formula is C12H15ClN2O2. The van der Waals surface area contributed by atoms with E-state index in [2.05, 4.69) is 23.3 Å². The van der Waals surface area contributed by atoms with Crippen molar-refractivity contribution in [1.29, 1.82) is 0 Å². The summed E-state index contributed by atoms with van der Waals surface area (Å²) in [6.45, 7) is 10.1. The first-order valence-electron chi connectivity index (χ1n) is 4.81. The summed E-state index contributed by atoms with van der Waals surface area (Å²) in [5.41, 5.74) is 1.03. The fourth-order valence-corrected chi connectivity index (χ4v) is 1.22. The average molecular weight is 255 g/mol. The molecular weight excluding hydrogens is 240 g/mol. The number of hydrogen-bond donors (Lipinski definition) is 0. The lowest BCUT2D eigenvalue weighted by molar-refractivity contribution is -0.136. The zero-order valence-electron chi connectivity index (χ0n) is 10.2. The van der Waals surface area contributed by atoms with Crippen molar-refractivity contribution in [3.05, 3.63) is 35.8 Å². The first kappa shape index (κ1) is 15.3. The van der Waals surface area contributed by atoms with Gasteiger partial charge in [0.25, 0.3) is 0 Å². The Kier molecular flexibility index (Phi) is 6.82. The molecule has 0 N–H and O–H groups in total.